The van der Waals surface area contributed by atoms with E-state index >= 15 is 0 Å². The monoisotopic (exact) mass is 243 g/mol. The van der Waals surface area contributed by atoms with Crippen LogP contribution in [0.4, 0.5) is 4.39 Å². The molecule has 0 saturated heterocycles. The first-order valence-electron chi connectivity index (χ1n) is 5.46. The Labute approximate surface area is 102 Å². The normalized spacial score (nSPS) is 12.8. The van der Waals surface area contributed by atoms with Crippen molar-refractivity contribution in [1.29, 1.82) is 0 Å². The van der Waals surface area contributed by atoms with E-state index in [0.29, 0.717) is 11.1 Å². The van der Waals surface area contributed by atoms with Crippen molar-refractivity contribution >= 4 is 5.52 Å². The van der Waals surface area contributed by atoms with Crippen molar-refractivity contribution in [3.63, 3.8) is 0 Å². The van der Waals surface area contributed by atoms with Crippen LogP contribution in [0.5, 0.6) is 0 Å². The van der Waals surface area contributed by atoms with Gasteiger partial charge >= 0.3 is 0 Å². The summed E-state index contributed by atoms with van der Waals surface area (Å²) >= 11 is 0. The third-order valence-corrected chi connectivity index (χ3v) is 2.83. The number of aliphatic hydroxyl groups is 1. The number of fused-ring (bicyclic) bond motifs is 1. The zero-order valence-corrected chi connectivity index (χ0v) is 9.36. The van der Waals surface area contributed by atoms with Crippen LogP contribution in [0.1, 0.15) is 17.2 Å². The van der Waals surface area contributed by atoms with E-state index in [4.69, 9.17) is 0 Å². The molecule has 2 heterocycles. The summed E-state index contributed by atoms with van der Waals surface area (Å²) < 4.78 is 14.5. The molecule has 3 aromatic rings. The van der Waals surface area contributed by atoms with Gasteiger partial charge in [-0.2, -0.15) is 5.10 Å². The molecule has 0 bridgehead atoms. The Morgan fingerprint density at radius 2 is 1.94 bits per heavy atom. The van der Waals surface area contributed by atoms with Crippen LogP contribution in [0.3, 0.4) is 0 Å². The highest BCUT2D eigenvalue weighted by atomic mass is 19.1. The molecule has 1 N–H and O–H groups in total. The molecule has 1 aromatic carbocycles. The lowest BCUT2D eigenvalue weighted by Crippen LogP contribution is -1.99. The van der Waals surface area contributed by atoms with Crippen LogP contribution in [-0.2, 0) is 0 Å². The van der Waals surface area contributed by atoms with E-state index < -0.39 is 6.10 Å². The van der Waals surface area contributed by atoms with Crippen molar-refractivity contribution in [2.75, 3.05) is 0 Å². The van der Waals surface area contributed by atoms with Crippen LogP contribution in [0.15, 0.2) is 49.1 Å². The highest BCUT2D eigenvalue weighted by molar-refractivity contribution is 5.54. The van der Waals surface area contributed by atoms with Gasteiger partial charge in [0.05, 0.1) is 17.9 Å². The molecule has 0 aliphatic carbocycles. The summed E-state index contributed by atoms with van der Waals surface area (Å²) in [4.78, 5) is 4.00. The lowest BCUT2D eigenvalue weighted by Gasteiger charge is -2.09. The minimum atomic E-state index is -0.840. The zero-order chi connectivity index (χ0) is 12.5. The van der Waals surface area contributed by atoms with Crippen LogP contribution in [0.25, 0.3) is 5.52 Å². The van der Waals surface area contributed by atoms with E-state index in [0.717, 1.165) is 5.52 Å². The summed E-state index contributed by atoms with van der Waals surface area (Å²) in [6.07, 6.45) is 5.71. The van der Waals surface area contributed by atoms with Crippen molar-refractivity contribution in [3.05, 3.63) is 66.0 Å². The molecule has 2 aromatic heterocycles. The topological polar surface area (TPSA) is 50.4 Å². The number of hydrogen-bond acceptors (Lipinski definition) is 3. The van der Waals surface area contributed by atoms with Crippen LogP contribution in [0.2, 0.25) is 0 Å². The summed E-state index contributed by atoms with van der Waals surface area (Å²) in [6.45, 7) is 0. The average Bonchev–Trinajstić information content (AvgIpc) is 2.82. The van der Waals surface area contributed by atoms with Gasteiger partial charge in [-0.15, -0.1) is 0 Å². The molecule has 0 saturated carbocycles. The van der Waals surface area contributed by atoms with Gasteiger partial charge in [0.15, 0.2) is 0 Å². The smallest absolute Gasteiger partial charge is 0.123 e. The molecule has 0 amide bonds. The number of rotatable bonds is 2. The van der Waals surface area contributed by atoms with Gasteiger partial charge in [-0.1, -0.05) is 12.1 Å². The summed E-state index contributed by atoms with van der Waals surface area (Å²) in [5.74, 6) is -0.326. The molecule has 0 spiro atoms. The van der Waals surface area contributed by atoms with Crippen molar-refractivity contribution in [1.82, 2.24) is 14.6 Å². The Kier molecular flexibility index (Phi) is 2.53. The lowest BCUT2D eigenvalue weighted by molar-refractivity contribution is 0.221. The molecule has 1 atom stereocenters. The fraction of sp³-hybridized carbons (Fsp3) is 0.0769. The minimum Gasteiger partial charge on any atom is -0.384 e. The summed E-state index contributed by atoms with van der Waals surface area (Å²) in [5.41, 5.74) is 2.00. The third kappa shape index (κ3) is 1.74. The van der Waals surface area contributed by atoms with E-state index in [1.54, 1.807) is 41.4 Å². The summed E-state index contributed by atoms with van der Waals surface area (Å²) in [5, 5.41) is 14.4. The number of aromatic nitrogens is 3. The van der Waals surface area contributed by atoms with Crippen molar-refractivity contribution < 1.29 is 9.50 Å². The van der Waals surface area contributed by atoms with Gasteiger partial charge in [-0.25, -0.2) is 8.91 Å². The average molecular weight is 243 g/mol. The SMILES string of the molecule is OC(c1ccc(F)cc1)c1cnn2ccncc12. The Balaban J connectivity index is 2.06. The molecule has 0 radical (unpaired) electrons. The number of aliphatic hydroxyl groups excluding tert-OH is 1. The van der Waals surface area contributed by atoms with Gasteiger partial charge in [0.2, 0.25) is 0 Å². The van der Waals surface area contributed by atoms with Crippen molar-refractivity contribution in [2.24, 2.45) is 0 Å². The molecule has 90 valence electrons. The molecular formula is C13H10FN3O. The Bertz CT molecular complexity index is 678. The van der Waals surface area contributed by atoms with E-state index in [-0.39, 0.29) is 5.82 Å². The maximum absolute atomic E-state index is 12.8. The Morgan fingerprint density at radius 3 is 2.72 bits per heavy atom. The van der Waals surface area contributed by atoms with E-state index in [1.807, 2.05) is 0 Å². The predicted molar refractivity (Wildman–Crippen MR) is 63.4 cm³/mol. The van der Waals surface area contributed by atoms with Gasteiger partial charge < -0.3 is 5.11 Å². The standard InChI is InChI=1S/C13H10FN3O/c14-10-3-1-9(2-4-10)13(18)11-7-16-17-6-5-15-8-12(11)17/h1-8,13,18H. The van der Waals surface area contributed by atoms with Gasteiger partial charge in [0, 0.05) is 18.0 Å². The molecule has 1 unspecified atom stereocenters. The van der Waals surface area contributed by atoms with Gasteiger partial charge in [-0.05, 0) is 17.7 Å². The lowest BCUT2D eigenvalue weighted by atomic mass is 10.0. The van der Waals surface area contributed by atoms with Crippen LogP contribution >= 0.6 is 0 Å². The third-order valence-electron chi connectivity index (χ3n) is 2.83. The molecule has 3 rings (SSSR count). The largest absolute Gasteiger partial charge is 0.384 e. The molecule has 18 heavy (non-hydrogen) atoms. The minimum absolute atomic E-state index is 0.326. The Hall–Kier alpha value is -2.27. The number of nitrogens with zero attached hydrogens (tertiary/aromatic N) is 3. The second-order valence-corrected chi connectivity index (χ2v) is 3.96. The molecule has 0 fully saturated rings. The van der Waals surface area contributed by atoms with Crippen LogP contribution < -0.4 is 0 Å². The van der Waals surface area contributed by atoms with E-state index in [1.165, 1.54) is 12.1 Å². The van der Waals surface area contributed by atoms with Gasteiger partial charge in [0.1, 0.15) is 11.9 Å². The zero-order valence-electron chi connectivity index (χ0n) is 9.36. The molecule has 4 nitrogen and oxygen atoms in total. The van der Waals surface area contributed by atoms with E-state index in [9.17, 15) is 9.50 Å². The summed E-state index contributed by atoms with van der Waals surface area (Å²) in [6, 6.07) is 5.75. The van der Waals surface area contributed by atoms with Crippen molar-refractivity contribution in [3.8, 4) is 0 Å². The quantitative estimate of drug-likeness (QED) is 0.748. The molecule has 5 heteroatoms. The highest BCUT2D eigenvalue weighted by Crippen LogP contribution is 2.25. The fourth-order valence-electron chi connectivity index (χ4n) is 1.89. The van der Waals surface area contributed by atoms with Crippen LogP contribution in [-0.4, -0.2) is 19.7 Å². The number of halogens is 1. The number of hydrogen-bond donors (Lipinski definition) is 1. The highest BCUT2D eigenvalue weighted by Gasteiger charge is 2.15. The Morgan fingerprint density at radius 1 is 1.17 bits per heavy atom. The fourth-order valence-corrected chi connectivity index (χ4v) is 1.89. The molecule has 0 aliphatic heterocycles. The first-order chi connectivity index (χ1) is 8.75. The first-order valence-corrected chi connectivity index (χ1v) is 5.46. The maximum atomic E-state index is 12.8. The number of benzene rings is 1. The summed E-state index contributed by atoms with van der Waals surface area (Å²) in [7, 11) is 0. The van der Waals surface area contributed by atoms with E-state index in [2.05, 4.69) is 10.1 Å². The second kappa shape index (κ2) is 4.19. The van der Waals surface area contributed by atoms with Crippen LogP contribution in [0, 0.1) is 5.82 Å². The first kappa shape index (κ1) is 10.9. The van der Waals surface area contributed by atoms with Gasteiger partial charge in [-0.3, -0.25) is 4.98 Å². The van der Waals surface area contributed by atoms with Gasteiger partial charge in [0.25, 0.3) is 0 Å². The van der Waals surface area contributed by atoms with Crippen molar-refractivity contribution in [2.45, 2.75) is 6.10 Å². The molecular weight excluding hydrogens is 233 g/mol. The maximum Gasteiger partial charge on any atom is 0.123 e. The predicted octanol–water partition coefficient (Wildman–Crippen LogP) is 1.95. The molecule has 0 aliphatic rings. The second-order valence-electron chi connectivity index (χ2n) is 3.96.